The van der Waals surface area contributed by atoms with Crippen molar-refractivity contribution in [1.82, 2.24) is 4.98 Å². The van der Waals surface area contributed by atoms with Gasteiger partial charge < -0.3 is 10.0 Å². The van der Waals surface area contributed by atoms with Gasteiger partial charge in [0.05, 0.1) is 6.10 Å². The number of aromatic nitrogens is 1. The second-order valence-corrected chi connectivity index (χ2v) is 4.76. The molecule has 1 heterocycles. The van der Waals surface area contributed by atoms with E-state index in [9.17, 15) is 5.11 Å². The Kier molecular flexibility index (Phi) is 6.13. The van der Waals surface area contributed by atoms with Crippen molar-refractivity contribution in [1.29, 1.82) is 0 Å². The predicted octanol–water partition coefficient (Wildman–Crippen LogP) is 3.46. The van der Waals surface area contributed by atoms with Crippen molar-refractivity contribution in [3.05, 3.63) is 23.4 Å². The minimum Gasteiger partial charge on any atom is -0.388 e. The molecular formula is C15H26N2O. The molecule has 0 aliphatic rings. The zero-order chi connectivity index (χ0) is 13.5. The van der Waals surface area contributed by atoms with Crippen molar-refractivity contribution < 1.29 is 5.11 Å². The molecule has 0 unspecified atom stereocenters. The minimum absolute atomic E-state index is 0.391. The standard InChI is InChI=1S/C15H26N2O/c1-5-10-17(11-6-2)15-9-8-13(12(4)16-15)14(18)7-3/h8-9,14,18H,5-7,10-11H2,1-4H3/t14-/m0/s1. The zero-order valence-corrected chi connectivity index (χ0v) is 12.1. The van der Waals surface area contributed by atoms with E-state index in [-0.39, 0.29) is 0 Å². The van der Waals surface area contributed by atoms with E-state index < -0.39 is 6.10 Å². The van der Waals surface area contributed by atoms with Crippen LogP contribution in [0.3, 0.4) is 0 Å². The van der Waals surface area contributed by atoms with E-state index >= 15 is 0 Å². The predicted molar refractivity (Wildman–Crippen MR) is 77.0 cm³/mol. The molecule has 1 aromatic heterocycles. The zero-order valence-electron chi connectivity index (χ0n) is 12.1. The normalized spacial score (nSPS) is 12.5. The monoisotopic (exact) mass is 250 g/mol. The fraction of sp³-hybridized carbons (Fsp3) is 0.667. The Hall–Kier alpha value is -1.09. The number of hydrogen-bond acceptors (Lipinski definition) is 3. The Bertz CT molecular complexity index is 360. The van der Waals surface area contributed by atoms with Gasteiger partial charge in [-0.25, -0.2) is 4.98 Å². The highest BCUT2D eigenvalue weighted by Crippen LogP contribution is 2.22. The van der Waals surface area contributed by atoms with Crippen molar-refractivity contribution in [2.75, 3.05) is 18.0 Å². The molecule has 1 aromatic rings. The van der Waals surface area contributed by atoms with Crippen LogP contribution in [0.1, 0.15) is 57.4 Å². The van der Waals surface area contributed by atoms with Crippen LogP contribution < -0.4 is 4.90 Å². The second kappa shape index (κ2) is 7.37. The third kappa shape index (κ3) is 3.70. The van der Waals surface area contributed by atoms with E-state index in [1.165, 1.54) is 0 Å². The van der Waals surface area contributed by atoms with Crippen LogP contribution in [0, 0.1) is 6.92 Å². The molecular weight excluding hydrogens is 224 g/mol. The Labute approximate surface area is 111 Å². The van der Waals surface area contributed by atoms with Crippen molar-refractivity contribution in [2.45, 2.75) is 53.1 Å². The fourth-order valence-electron chi connectivity index (χ4n) is 2.19. The van der Waals surface area contributed by atoms with Crippen LogP contribution >= 0.6 is 0 Å². The van der Waals surface area contributed by atoms with Gasteiger partial charge in [0.25, 0.3) is 0 Å². The molecule has 0 spiro atoms. The van der Waals surface area contributed by atoms with Gasteiger partial charge in [-0.1, -0.05) is 26.8 Å². The van der Waals surface area contributed by atoms with Crippen LogP contribution in [0.25, 0.3) is 0 Å². The van der Waals surface area contributed by atoms with Gasteiger partial charge in [0.15, 0.2) is 0 Å². The van der Waals surface area contributed by atoms with Gasteiger partial charge in [0.1, 0.15) is 5.82 Å². The summed E-state index contributed by atoms with van der Waals surface area (Å²) in [6, 6.07) is 4.05. The molecule has 0 fully saturated rings. The molecule has 0 aliphatic carbocycles. The number of hydrogen-bond donors (Lipinski definition) is 1. The van der Waals surface area contributed by atoms with E-state index in [4.69, 9.17) is 0 Å². The third-order valence-electron chi connectivity index (χ3n) is 3.17. The summed E-state index contributed by atoms with van der Waals surface area (Å²) in [6.45, 7) is 10.4. The van der Waals surface area contributed by atoms with Gasteiger partial charge in [0, 0.05) is 24.3 Å². The van der Waals surface area contributed by atoms with E-state index in [0.717, 1.165) is 49.4 Å². The van der Waals surface area contributed by atoms with Crippen LogP contribution in [-0.2, 0) is 0 Å². The fourth-order valence-corrected chi connectivity index (χ4v) is 2.19. The first-order valence-corrected chi connectivity index (χ1v) is 7.04. The van der Waals surface area contributed by atoms with Gasteiger partial charge in [-0.3, -0.25) is 0 Å². The molecule has 0 saturated heterocycles. The first kappa shape index (κ1) is 15.0. The second-order valence-electron chi connectivity index (χ2n) is 4.76. The van der Waals surface area contributed by atoms with E-state index in [1.54, 1.807) is 0 Å². The SMILES string of the molecule is CCCN(CCC)c1ccc([C@@H](O)CC)c(C)n1. The quantitative estimate of drug-likeness (QED) is 0.805. The van der Waals surface area contributed by atoms with Gasteiger partial charge >= 0.3 is 0 Å². The number of aliphatic hydroxyl groups is 1. The Balaban J connectivity index is 2.93. The van der Waals surface area contributed by atoms with Crippen LogP contribution in [0.5, 0.6) is 0 Å². The number of aryl methyl sites for hydroxylation is 1. The summed E-state index contributed by atoms with van der Waals surface area (Å²) in [6.07, 6.45) is 2.59. The van der Waals surface area contributed by atoms with Crippen molar-refractivity contribution in [2.24, 2.45) is 0 Å². The molecule has 1 N–H and O–H groups in total. The lowest BCUT2D eigenvalue weighted by atomic mass is 10.1. The molecule has 0 aliphatic heterocycles. The lowest BCUT2D eigenvalue weighted by Crippen LogP contribution is -2.26. The molecule has 1 rings (SSSR count). The van der Waals surface area contributed by atoms with Gasteiger partial charge in [0.2, 0.25) is 0 Å². The maximum Gasteiger partial charge on any atom is 0.128 e. The van der Waals surface area contributed by atoms with E-state index in [0.29, 0.717) is 0 Å². The van der Waals surface area contributed by atoms with Crippen LogP contribution in [0.4, 0.5) is 5.82 Å². The topological polar surface area (TPSA) is 36.4 Å². The van der Waals surface area contributed by atoms with Gasteiger partial charge in [-0.05, 0) is 32.3 Å². The Morgan fingerprint density at radius 2 is 1.78 bits per heavy atom. The molecule has 0 bridgehead atoms. The van der Waals surface area contributed by atoms with Gasteiger partial charge in [-0.2, -0.15) is 0 Å². The summed E-state index contributed by atoms with van der Waals surface area (Å²) in [7, 11) is 0. The first-order chi connectivity index (χ1) is 8.63. The molecule has 0 radical (unpaired) electrons. The summed E-state index contributed by atoms with van der Waals surface area (Å²) < 4.78 is 0. The molecule has 0 saturated carbocycles. The van der Waals surface area contributed by atoms with Crippen LogP contribution in [0.15, 0.2) is 12.1 Å². The van der Waals surface area contributed by atoms with E-state index in [1.807, 2.05) is 26.0 Å². The lowest BCUT2D eigenvalue weighted by Gasteiger charge is -2.24. The maximum atomic E-state index is 9.89. The molecule has 1 atom stereocenters. The van der Waals surface area contributed by atoms with Crippen LogP contribution in [0.2, 0.25) is 0 Å². The average molecular weight is 250 g/mol. The number of nitrogens with zero attached hydrogens (tertiary/aromatic N) is 2. The summed E-state index contributed by atoms with van der Waals surface area (Å²) in [4.78, 5) is 6.96. The van der Waals surface area contributed by atoms with Crippen molar-refractivity contribution >= 4 is 5.82 Å². The molecule has 102 valence electrons. The van der Waals surface area contributed by atoms with Gasteiger partial charge in [-0.15, -0.1) is 0 Å². The van der Waals surface area contributed by atoms with Crippen molar-refractivity contribution in [3.8, 4) is 0 Å². The highest BCUT2D eigenvalue weighted by molar-refractivity contribution is 5.42. The summed E-state index contributed by atoms with van der Waals surface area (Å²) in [5, 5.41) is 9.89. The lowest BCUT2D eigenvalue weighted by molar-refractivity contribution is 0.172. The van der Waals surface area contributed by atoms with E-state index in [2.05, 4.69) is 23.7 Å². The Morgan fingerprint density at radius 1 is 1.17 bits per heavy atom. The molecule has 3 nitrogen and oxygen atoms in total. The molecule has 0 amide bonds. The highest BCUT2D eigenvalue weighted by Gasteiger charge is 2.12. The number of anilines is 1. The first-order valence-electron chi connectivity index (χ1n) is 7.04. The number of pyridine rings is 1. The third-order valence-corrected chi connectivity index (χ3v) is 3.17. The smallest absolute Gasteiger partial charge is 0.128 e. The molecule has 18 heavy (non-hydrogen) atoms. The summed E-state index contributed by atoms with van der Waals surface area (Å²) >= 11 is 0. The summed E-state index contributed by atoms with van der Waals surface area (Å²) in [5.41, 5.74) is 1.90. The average Bonchev–Trinajstić information content (AvgIpc) is 2.37. The number of rotatable bonds is 7. The maximum absolute atomic E-state index is 9.89. The van der Waals surface area contributed by atoms with Crippen LogP contribution in [-0.4, -0.2) is 23.2 Å². The highest BCUT2D eigenvalue weighted by atomic mass is 16.3. The largest absolute Gasteiger partial charge is 0.388 e. The molecule has 0 aromatic carbocycles. The van der Waals surface area contributed by atoms with Crippen molar-refractivity contribution in [3.63, 3.8) is 0 Å². The Morgan fingerprint density at radius 3 is 2.22 bits per heavy atom. The molecule has 3 heteroatoms. The minimum atomic E-state index is -0.391. The number of aliphatic hydroxyl groups excluding tert-OH is 1. The summed E-state index contributed by atoms with van der Waals surface area (Å²) in [5.74, 6) is 1.03.